The first-order valence-corrected chi connectivity index (χ1v) is 6.40. The predicted molar refractivity (Wildman–Crippen MR) is 70.1 cm³/mol. The topological polar surface area (TPSA) is 15.3 Å². The Kier molecular flexibility index (Phi) is 3.83. The molecule has 2 rings (SSSR count). The number of para-hydroxylation sites is 1. The minimum Gasteiger partial charge on any atom is -0.384 e. The van der Waals surface area contributed by atoms with Crippen molar-refractivity contribution in [3.05, 3.63) is 29.8 Å². The minimum absolute atomic E-state index is 0.669. The second-order valence-corrected chi connectivity index (χ2v) is 4.56. The lowest BCUT2D eigenvalue weighted by Crippen LogP contribution is -2.30. The van der Waals surface area contributed by atoms with Crippen molar-refractivity contribution in [2.45, 2.75) is 26.2 Å². The Bertz CT molecular complexity index is 335. The largest absolute Gasteiger partial charge is 0.384 e. The van der Waals surface area contributed by atoms with E-state index in [0.29, 0.717) is 5.92 Å². The quantitative estimate of drug-likeness (QED) is 0.817. The van der Waals surface area contributed by atoms with Crippen molar-refractivity contribution in [3.8, 4) is 0 Å². The number of fused-ring (bicyclic) bond motifs is 1. The molecule has 0 saturated carbocycles. The third-order valence-electron chi connectivity index (χ3n) is 3.41. The van der Waals surface area contributed by atoms with Gasteiger partial charge in [-0.05, 0) is 31.1 Å². The van der Waals surface area contributed by atoms with Gasteiger partial charge >= 0.3 is 0 Å². The summed E-state index contributed by atoms with van der Waals surface area (Å²) in [6, 6.07) is 8.71. The standard InChI is InChI=1S/C14H22N2/c1-3-9-16(4-2)11-12-10-15-14-8-6-5-7-13(12)14/h5-8,12,15H,3-4,9-11H2,1-2H3. The van der Waals surface area contributed by atoms with E-state index >= 15 is 0 Å². The van der Waals surface area contributed by atoms with Gasteiger partial charge in [-0.25, -0.2) is 0 Å². The van der Waals surface area contributed by atoms with E-state index in [9.17, 15) is 0 Å². The lowest BCUT2D eigenvalue weighted by Gasteiger charge is -2.23. The van der Waals surface area contributed by atoms with Gasteiger partial charge in [0.15, 0.2) is 0 Å². The highest BCUT2D eigenvalue weighted by molar-refractivity contribution is 5.57. The maximum atomic E-state index is 3.50. The molecule has 1 unspecified atom stereocenters. The minimum atomic E-state index is 0.669. The normalized spacial score (nSPS) is 18.6. The molecule has 1 aliphatic rings. The van der Waals surface area contributed by atoms with Crippen LogP contribution in [0, 0.1) is 0 Å². The van der Waals surface area contributed by atoms with Crippen LogP contribution in [0.5, 0.6) is 0 Å². The zero-order chi connectivity index (χ0) is 11.4. The zero-order valence-corrected chi connectivity index (χ0v) is 10.4. The van der Waals surface area contributed by atoms with Crippen LogP contribution in [-0.2, 0) is 0 Å². The molecule has 0 amide bonds. The molecule has 0 bridgehead atoms. The van der Waals surface area contributed by atoms with Crippen LogP contribution >= 0.6 is 0 Å². The van der Waals surface area contributed by atoms with Crippen molar-refractivity contribution in [2.24, 2.45) is 0 Å². The molecule has 0 radical (unpaired) electrons. The number of nitrogens with zero attached hydrogens (tertiary/aromatic N) is 1. The molecule has 1 N–H and O–H groups in total. The summed E-state index contributed by atoms with van der Waals surface area (Å²) in [6.07, 6.45) is 1.25. The van der Waals surface area contributed by atoms with Crippen molar-refractivity contribution in [1.82, 2.24) is 4.90 Å². The average Bonchev–Trinajstić information content (AvgIpc) is 2.72. The number of nitrogens with one attached hydrogen (secondary N) is 1. The summed E-state index contributed by atoms with van der Waals surface area (Å²) in [5.74, 6) is 0.669. The first-order chi connectivity index (χ1) is 7.85. The lowest BCUT2D eigenvalue weighted by molar-refractivity contribution is 0.274. The predicted octanol–water partition coefficient (Wildman–Crippen LogP) is 2.93. The number of hydrogen-bond acceptors (Lipinski definition) is 2. The van der Waals surface area contributed by atoms with Gasteiger partial charge in [0.05, 0.1) is 0 Å². The first-order valence-electron chi connectivity index (χ1n) is 6.40. The Morgan fingerprint density at radius 3 is 2.88 bits per heavy atom. The van der Waals surface area contributed by atoms with Crippen LogP contribution in [-0.4, -0.2) is 31.1 Å². The van der Waals surface area contributed by atoms with Gasteiger partial charge in [-0.1, -0.05) is 32.0 Å². The zero-order valence-electron chi connectivity index (χ0n) is 10.4. The molecule has 2 heteroatoms. The monoisotopic (exact) mass is 218 g/mol. The summed E-state index contributed by atoms with van der Waals surface area (Å²) < 4.78 is 0. The molecule has 0 aromatic heterocycles. The first kappa shape index (κ1) is 11.5. The van der Waals surface area contributed by atoms with E-state index in [2.05, 4.69) is 48.3 Å². The molecule has 1 atom stereocenters. The Hall–Kier alpha value is -1.02. The number of anilines is 1. The SMILES string of the molecule is CCCN(CC)CC1CNc2ccccc21. The van der Waals surface area contributed by atoms with Crippen LogP contribution in [0.3, 0.4) is 0 Å². The third kappa shape index (κ3) is 2.38. The van der Waals surface area contributed by atoms with Crippen LogP contribution in [0.2, 0.25) is 0 Å². The molecule has 0 saturated heterocycles. The van der Waals surface area contributed by atoms with Gasteiger partial charge in [0.2, 0.25) is 0 Å². The Labute approximate surface area is 98.7 Å². The fourth-order valence-electron chi connectivity index (χ4n) is 2.53. The van der Waals surface area contributed by atoms with E-state index < -0.39 is 0 Å². The summed E-state index contributed by atoms with van der Waals surface area (Å²) >= 11 is 0. The maximum Gasteiger partial charge on any atom is 0.0376 e. The maximum absolute atomic E-state index is 3.50. The molecule has 1 aliphatic heterocycles. The lowest BCUT2D eigenvalue weighted by atomic mass is 10.0. The van der Waals surface area contributed by atoms with Gasteiger partial charge in [-0.2, -0.15) is 0 Å². The van der Waals surface area contributed by atoms with Crippen molar-refractivity contribution in [1.29, 1.82) is 0 Å². The molecule has 16 heavy (non-hydrogen) atoms. The molecule has 88 valence electrons. The summed E-state index contributed by atoms with van der Waals surface area (Å²) in [5, 5.41) is 3.50. The van der Waals surface area contributed by atoms with Gasteiger partial charge in [0.25, 0.3) is 0 Å². The average molecular weight is 218 g/mol. The van der Waals surface area contributed by atoms with Gasteiger partial charge < -0.3 is 10.2 Å². The van der Waals surface area contributed by atoms with Crippen molar-refractivity contribution < 1.29 is 0 Å². The number of hydrogen-bond donors (Lipinski definition) is 1. The smallest absolute Gasteiger partial charge is 0.0376 e. The van der Waals surface area contributed by atoms with Crippen LogP contribution in [0.15, 0.2) is 24.3 Å². The molecule has 0 aliphatic carbocycles. The molecule has 1 aromatic rings. The second-order valence-electron chi connectivity index (χ2n) is 4.56. The van der Waals surface area contributed by atoms with E-state index in [-0.39, 0.29) is 0 Å². The summed E-state index contributed by atoms with van der Waals surface area (Å²) in [5.41, 5.74) is 2.83. The Morgan fingerprint density at radius 2 is 2.12 bits per heavy atom. The number of likely N-dealkylation sites (N-methyl/N-ethyl adjacent to an activating group) is 1. The van der Waals surface area contributed by atoms with Crippen LogP contribution in [0.25, 0.3) is 0 Å². The molecular formula is C14H22N2. The van der Waals surface area contributed by atoms with E-state index in [4.69, 9.17) is 0 Å². The highest BCUT2D eigenvalue weighted by atomic mass is 15.1. The molecule has 1 aromatic carbocycles. The van der Waals surface area contributed by atoms with Gasteiger partial charge in [0.1, 0.15) is 0 Å². The fraction of sp³-hybridized carbons (Fsp3) is 0.571. The van der Waals surface area contributed by atoms with Crippen molar-refractivity contribution in [3.63, 3.8) is 0 Å². The Balaban J connectivity index is 2.02. The summed E-state index contributed by atoms with van der Waals surface area (Å²) in [4.78, 5) is 2.55. The number of benzene rings is 1. The van der Waals surface area contributed by atoms with Gasteiger partial charge in [0, 0.05) is 24.7 Å². The van der Waals surface area contributed by atoms with Crippen LogP contribution < -0.4 is 5.32 Å². The van der Waals surface area contributed by atoms with E-state index in [0.717, 1.165) is 13.1 Å². The molecule has 2 nitrogen and oxygen atoms in total. The van der Waals surface area contributed by atoms with E-state index in [1.807, 2.05) is 0 Å². The van der Waals surface area contributed by atoms with Crippen LogP contribution in [0.1, 0.15) is 31.7 Å². The van der Waals surface area contributed by atoms with E-state index in [1.54, 1.807) is 0 Å². The van der Waals surface area contributed by atoms with E-state index in [1.165, 1.54) is 30.8 Å². The summed E-state index contributed by atoms with van der Waals surface area (Å²) in [6.45, 7) is 9.17. The third-order valence-corrected chi connectivity index (χ3v) is 3.41. The van der Waals surface area contributed by atoms with Crippen molar-refractivity contribution >= 4 is 5.69 Å². The summed E-state index contributed by atoms with van der Waals surface area (Å²) in [7, 11) is 0. The molecule has 0 fully saturated rings. The molecule has 0 spiro atoms. The van der Waals surface area contributed by atoms with Crippen LogP contribution in [0.4, 0.5) is 5.69 Å². The molecular weight excluding hydrogens is 196 g/mol. The van der Waals surface area contributed by atoms with Gasteiger partial charge in [-0.15, -0.1) is 0 Å². The highest BCUT2D eigenvalue weighted by Gasteiger charge is 2.22. The molecule has 1 heterocycles. The number of rotatable bonds is 5. The highest BCUT2D eigenvalue weighted by Crippen LogP contribution is 2.31. The van der Waals surface area contributed by atoms with Crippen molar-refractivity contribution in [2.75, 3.05) is 31.5 Å². The fourth-order valence-corrected chi connectivity index (χ4v) is 2.53. The second kappa shape index (κ2) is 5.35. The Morgan fingerprint density at radius 1 is 1.31 bits per heavy atom. The van der Waals surface area contributed by atoms with Gasteiger partial charge in [-0.3, -0.25) is 0 Å².